The Bertz CT molecular complexity index is 833. The first kappa shape index (κ1) is 18.9. The molecule has 5 heteroatoms. The lowest BCUT2D eigenvalue weighted by atomic mass is 10.0. The summed E-state index contributed by atoms with van der Waals surface area (Å²) >= 11 is 0. The highest BCUT2D eigenvalue weighted by molar-refractivity contribution is 5.85. The summed E-state index contributed by atoms with van der Waals surface area (Å²) in [5, 5.41) is 5.53. The van der Waals surface area contributed by atoms with Gasteiger partial charge >= 0.3 is 0 Å². The first-order valence-corrected chi connectivity index (χ1v) is 10.5. The molecule has 1 saturated heterocycles. The quantitative estimate of drug-likeness (QED) is 0.753. The molecule has 2 fully saturated rings. The van der Waals surface area contributed by atoms with E-state index in [-0.39, 0.29) is 17.7 Å². The second-order valence-electron chi connectivity index (χ2n) is 7.96. The molecule has 0 bridgehead atoms. The highest BCUT2D eigenvalue weighted by atomic mass is 16.2. The number of nitrogens with zero attached hydrogens (tertiary/aromatic N) is 2. The van der Waals surface area contributed by atoms with Crippen LogP contribution >= 0.6 is 0 Å². The summed E-state index contributed by atoms with van der Waals surface area (Å²) in [6.45, 7) is 4.94. The molecule has 0 spiro atoms. The number of piperazine rings is 1. The molecule has 1 aliphatic carbocycles. The van der Waals surface area contributed by atoms with Gasteiger partial charge in [-0.2, -0.15) is 0 Å². The maximum Gasteiger partial charge on any atom is 0.223 e. The van der Waals surface area contributed by atoms with Crippen molar-refractivity contribution in [3.63, 3.8) is 0 Å². The first-order valence-electron chi connectivity index (χ1n) is 10.5. The van der Waals surface area contributed by atoms with Crippen LogP contribution in [0, 0.1) is 5.92 Å². The number of fused-ring (bicyclic) bond motifs is 1. The Morgan fingerprint density at radius 2 is 1.71 bits per heavy atom. The number of carbonyl (C=O) groups excluding carboxylic acids is 2. The van der Waals surface area contributed by atoms with Gasteiger partial charge in [-0.25, -0.2) is 0 Å². The predicted molar refractivity (Wildman–Crippen MR) is 111 cm³/mol. The average molecular weight is 380 g/mol. The van der Waals surface area contributed by atoms with Crippen LogP contribution in [0.4, 0.5) is 0 Å². The van der Waals surface area contributed by atoms with Gasteiger partial charge in [0.15, 0.2) is 0 Å². The van der Waals surface area contributed by atoms with Crippen LogP contribution in [0.5, 0.6) is 0 Å². The van der Waals surface area contributed by atoms with Crippen molar-refractivity contribution in [3.05, 3.63) is 48.0 Å². The van der Waals surface area contributed by atoms with Crippen LogP contribution in [0.2, 0.25) is 0 Å². The van der Waals surface area contributed by atoms with E-state index in [0.29, 0.717) is 13.0 Å². The van der Waals surface area contributed by atoms with Crippen molar-refractivity contribution < 1.29 is 9.59 Å². The van der Waals surface area contributed by atoms with Gasteiger partial charge in [0.1, 0.15) is 0 Å². The lowest BCUT2D eigenvalue weighted by molar-refractivity contribution is -0.133. The summed E-state index contributed by atoms with van der Waals surface area (Å²) in [5.41, 5.74) is 1.35. The molecule has 1 aliphatic heterocycles. The average Bonchev–Trinajstić information content (AvgIpc) is 3.57. The molecule has 1 N–H and O–H groups in total. The Balaban J connectivity index is 1.20. The highest BCUT2D eigenvalue weighted by Gasteiger charge is 2.29. The number of nitrogens with one attached hydrogen (secondary N) is 1. The van der Waals surface area contributed by atoms with Gasteiger partial charge in [0.05, 0.1) is 0 Å². The monoisotopic (exact) mass is 379 g/mol. The third-order valence-electron chi connectivity index (χ3n) is 5.81. The zero-order valence-corrected chi connectivity index (χ0v) is 16.4. The van der Waals surface area contributed by atoms with Crippen LogP contribution in [0.1, 0.15) is 31.2 Å². The molecular formula is C23H29N3O2. The number of carbonyl (C=O) groups is 2. The summed E-state index contributed by atoms with van der Waals surface area (Å²) in [6.07, 6.45) is 3.30. The molecule has 148 valence electrons. The molecule has 1 heterocycles. The largest absolute Gasteiger partial charge is 0.356 e. The minimum atomic E-state index is 0.162. The van der Waals surface area contributed by atoms with E-state index < -0.39 is 0 Å². The third-order valence-corrected chi connectivity index (χ3v) is 5.81. The van der Waals surface area contributed by atoms with Crippen molar-refractivity contribution in [3.8, 4) is 0 Å². The molecule has 2 aliphatic rings. The van der Waals surface area contributed by atoms with Crippen LogP contribution in [-0.2, 0) is 16.1 Å². The van der Waals surface area contributed by atoms with E-state index in [1.165, 1.54) is 16.3 Å². The van der Waals surface area contributed by atoms with E-state index in [1.807, 2.05) is 4.90 Å². The molecule has 0 radical (unpaired) electrons. The lowest BCUT2D eigenvalue weighted by Crippen LogP contribution is -2.48. The van der Waals surface area contributed by atoms with E-state index in [4.69, 9.17) is 0 Å². The van der Waals surface area contributed by atoms with Gasteiger partial charge in [0.25, 0.3) is 0 Å². The molecule has 0 atom stereocenters. The number of rotatable bonds is 7. The van der Waals surface area contributed by atoms with Crippen LogP contribution in [0.25, 0.3) is 10.8 Å². The van der Waals surface area contributed by atoms with Gasteiger partial charge in [-0.1, -0.05) is 42.5 Å². The molecule has 2 aromatic carbocycles. The maximum atomic E-state index is 12.4. The second-order valence-corrected chi connectivity index (χ2v) is 7.96. The van der Waals surface area contributed by atoms with E-state index in [2.05, 4.69) is 52.7 Å². The second kappa shape index (κ2) is 8.74. The third kappa shape index (κ3) is 4.71. The minimum absolute atomic E-state index is 0.162. The van der Waals surface area contributed by atoms with Gasteiger partial charge in [0.2, 0.25) is 11.8 Å². The number of amides is 2. The summed E-state index contributed by atoms with van der Waals surface area (Å²) in [4.78, 5) is 28.4. The Hall–Kier alpha value is -2.40. The topological polar surface area (TPSA) is 52.7 Å². The van der Waals surface area contributed by atoms with Crippen molar-refractivity contribution >= 4 is 22.6 Å². The van der Waals surface area contributed by atoms with Crippen molar-refractivity contribution in [2.24, 2.45) is 5.92 Å². The van der Waals surface area contributed by atoms with Crippen LogP contribution in [0.3, 0.4) is 0 Å². The lowest BCUT2D eigenvalue weighted by Gasteiger charge is -2.35. The van der Waals surface area contributed by atoms with E-state index in [1.54, 1.807) is 0 Å². The zero-order chi connectivity index (χ0) is 19.3. The van der Waals surface area contributed by atoms with E-state index in [9.17, 15) is 9.59 Å². The van der Waals surface area contributed by atoms with E-state index in [0.717, 1.165) is 52.0 Å². The molecule has 2 aromatic rings. The molecule has 28 heavy (non-hydrogen) atoms. The Morgan fingerprint density at radius 3 is 2.50 bits per heavy atom. The van der Waals surface area contributed by atoms with Gasteiger partial charge < -0.3 is 10.2 Å². The summed E-state index contributed by atoms with van der Waals surface area (Å²) in [7, 11) is 0. The molecule has 0 unspecified atom stereocenters. The van der Waals surface area contributed by atoms with Crippen molar-refractivity contribution in [1.82, 2.24) is 15.1 Å². The van der Waals surface area contributed by atoms with Gasteiger partial charge in [-0.15, -0.1) is 0 Å². The molecule has 4 rings (SSSR count). The fourth-order valence-electron chi connectivity index (χ4n) is 3.93. The highest BCUT2D eigenvalue weighted by Crippen LogP contribution is 2.28. The standard InChI is InChI=1S/C23H29N3O2/c27-22(9-4-12-24-23(28)19-10-11-19)26-15-13-25(14-16-26)17-20-7-3-6-18-5-1-2-8-21(18)20/h1-3,5-8,19H,4,9-17H2,(H,24,28). The van der Waals surface area contributed by atoms with Crippen LogP contribution in [0.15, 0.2) is 42.5 Å². The van der Waals surface area contributed by atoms with Crippen molar-refractivity contribution in [2.45, 2.75) is 32.2 Å². The van der Waals surface area contributed by atoms with Crippen molar-refractivity contribution in [1.29, 1.82) is 0 Å². The summed E-state index contributed by atoms with van der Waals surface area (Å²) in [6, 6.07) is 15.0. The molecule has 1 saturated carbocycles. The summed E-state index contributed by atoms with van der Waals surface area (Å²) < 4.78 is 0. The SMILES string of the molecule is O=C(NCCCC(=O)N1CCN(Cc2cccc3ccccc23)CC1)C1CC1. The number of hydrogen-bond donors (Lipinski definition) is 1. The predicted octanol–water partition coefficient (Wildman–Crippen LogP) is 2.79. The number of hydrogen-bond acceptors (Lipinski definition) is 3. The van der Waals surface area contributed by atoms with Gasteiger partial charge in [-0.3, -0.25) is 14.5 Å². The first-order chi connectivity index (χ1) is 13.7. The van der Waals surface area contributed by atoms with Gasteiger partial charge in [-0.05, 0) is 35.6 Å². The Kier molecular flexibility index (Phi) is 5.91. The summed E-state index contributed by atoms with van der Waals surface area (Å²) in [5.74, 6) is 0.616. The van der Waals surface area contributed by atoms with Crippen molar-refractivity contribution in [2.75, 3.05) is 32.7 Å². The minimum Gasteiger partial charge on any atom is -0.356 e. The fraction of sp³-hybridized carbons (Fsp3) is 0.478. The van der Waals surface area contributed by atoms with E-state index >= 15 is 0 Å². The van der Waals surface area contributed by atoms with Gasteiger partial charge in [0, 0.05) is 51.6 Å². The zero-order valence-electron chi connectivity index (χ0n) is 16.4. The maximum absolute atomic E-state index is 12.4. The smallest absolute Gasteiger partial charge is 0.223 e. The molecule has 2 amide bonds. The Labute approximate surface area is 166 Å². The van der Waals surface area contributed by atoms with Crippen LogP contribution < -0.4 is 5.32 Å². The Morgan fingerprint density at radius 1 is 0.964 bits per heavy atom. The van der Waals surface area contributed by atoms with Crippen LogP contribution in [-0.4, -0.2) is 54.3 Å². The molecular weight excluding hydrogens is 350 g/mol. The normalized spacial score (nSPS) is 17.6. The fourth-order valence-corrected chi connectivity index (χ4v) is 3.93. The molecule has 5 nitrogen and oxygen atoms in total. The number of benzene rings is 2. The molecule has 0 aromatic heterocycles.